The zero-order chi connectivity index (χ0) is 21.7. The number of nitrogens with zero attached hydrogens (tertiary/aromatic N) is 1. The fraction of sp³-hybridized carbons (Fsp3) is 0.381. The third kappa shape index (κ3) is 5.28. The summed E-state index contributed by atoms with van der Waals surface area (Å²) in [5.41, 5.74) is 0.0905. The van der Waals surface area contributed by atoms with Gasteiger partial charge in [0.05, 0.1) is 13.2 Å². The molecule has 0 radical (unpaired) electrons. The molecule has 0 saturated carbocycles. The van der Waals surface area contributed by atoms with Crippen LogP contribution in [0.4, 0.5) is 28.0 Å². The van der Waals surface area contributed by atoms with Gasteiger partial charge in [0.25, 0.3) is 0 Å². The van der Waals surface area contributed by atoms with Crippen molar-refractivity contribution < 1.29 is 32.2 Å². The Hall–Kier alpha value is -2.65. The normalized spacial score (nSPS) is 15.2. The maximum Gasteiger partial charge on any atom is 0.322 e. The number of rotatable bonds is 6. The van der Waals surface area contributed by atoms with Gasteiger partial charge in [0.15, 0.2) is 11.6 Å². The number of aliphatic hydroxyl groups is 1. The number of carbonyl (C=O) groups excluding carboxylic acids is 1. The van der Waals surface area contributed by atoms with Gasteiger partial charge < -0.3 is 20.1 Å². The molecule has 30 heavy (non-hydrogen) atoms. The number of hydrogen-bond donors (Lipinski definition) is 2. The summed E-state index contributed by atoms with van der Waals surface area (Å²) >= 11 is 0. The lowest BCUT2D eigenvalue weighted by molar-refractivity contribution is 0.0564. The second kappa shape index (κ2) is 9.90. The molecule has 5 nitrogen and oxygen atoms in total. The SMILES string of the molecule is O=C(Nc1ccc(F)c(F)c1CC(CO)Cc1ccc(F)cc1F)N1CCOCC1. The lowest BCUT2D eigenvalue weighted by Crippen LogP contribution is -2.43. The van der Waals surface area contributed by atoms with E-state index in [1.807, 2.05) is 0 Å². The van der Waals surface area contributed by atoms with E-state index < -0.39 is 41.8 Å². The highest BCUT2D eigenvalue weighted by Crippen LogP contribution is 2.27. The Labute approximate surface area is 171 Å². The van der Waals surface area contributed by atoms with E-state index >= 15 is 0 Å². The largest absolute Gasteiger partial charge is 0.396 e. The fourth-order valence-corrected chi connectivity index (χ4v) is 3.36. The van der Waals surface area contributed by atoms with E-state index in [-0.39, 0.29) is 29.7 Å². The lowest BCUT2D eigenvalue weighted by atomic mass is 9.91. The molecule has 0 bridgehead atoms. The average molecular weight is 426 g/mol. The van der Waals surface area contributed by atoms with E-state index in [1.54, 1.807) is 0 Å². The minimum Gasteiger partial charge on any atom is -0.396 e. The first-order valence-corrected chi connectivity index (χ1v) is 9.54. The van der Waals surface area contributed by atoms with E-state index in [0.717, 1.165) is 18.2 Å². The first-order valence-electron chi connectivity index (χ1n) is 9.54. The number of benzene rings is 2. The molecule has 1 aliphatic heterocycles. The topological polar surface area (TPSA) is 61.8 Å². The molecule has 1 aliphatic rings. The molecule has 9 heteroatoms. The van der Waals surface area contributed by atoms with Crippen LogP contribution in [0.25, 0.3) is 0 Å². The van der Waals surface area contributed by atoms with Gasteiger partial charge in [-0.15, -0.1) is 0 Å². The molecule has 1 heterocycles. The van der Waals surface area contributed by atoms with Crippen molar-refractivity contribution in [3.8, 4) is 0 Å². The van der Waals surface area contributed by atoms with Crippen LogP contribution in [0.1, 0.15) is 11.1 Å². The van der Waals surface area contributed by atoms with E-state index in [1.165, 1.54) is 17.0 Å². The van der Waals surface area contributed by atoms with Crippen molar-refractivity contribution in [1.29, 1.82) is 0 Å². The Morgan fingerprint density at radius 3 is 2.47 bits per heavy atom. The van der Waals surface area contributed by atoms with Crippen molar-refractivity contribution in [2.24, 2.45) is 5.92 Å². The summed E-state index contributed by atoms with van der Waals surface area (Å²) < 4.78 is 60.7. The molecular formula is C21H22F4N2O3. The van der Waals surface area contributed by atoms with E-state index in [4.69, 9.17) is 4.74 Å². The maximum absolute atomic E-state index is 14.6. The Kier molecular flexibility index (Phi) is 7.28. The van der Waals surface area contributed by atoms with Crippen molar-refractivity contribution in [3.05, 3.63) is 64.7 Å². The Morgan fingerprint density at radius 1 is 1.07 bits per heavy atom. The number of carbonyl (C=O) groups is 1. The zero-order valence-corrected chi connectivity index (χ0v) is 16.1. The van der Waals surface area contributed by atoms with Crippen molar-refractivity contribution >= 4 is 11.7 Å². The number of morpholine rings is 1. The van der Waals surface area contributed by atoms with Gasteiger partial charge in [-0.1, -0.05) is 6.07 Å². The molecule has 0 aliphatic carbocycles. The van der Waals surface area contributed by atoms with Crippen LogP contribution in [0.15, 0.2) is 30.3 Å². The maximum atomic E-state index is 14.6. The summed E-state index contributed by atoms with van der Waals surface area (Å²) in [6, 6.07) is 4.73. The molecule has 1 unspecified atom stereocenters. The van der Waals surface area contributed by atoms with Crippen LogP contribution >= 0.6 is 0 Å². The predicted octanol–water partition coefficient (Wildman–Crippen LogP) is 3.50. The summed E-state index contributed by atoms with van der Waals surface area (Å²) in [6.07, 6.45) is -0.176. The second-order valence-corrected chi connectivity index (χ2v) is 7.11. The van der Waals surface area contributed by atoms with E-state index in [2.05, 4.69) is 5.32 Å². The van der Waals surface area contributed by atoms with Crippen molar-refractivity contribution in [2.45, 2.75) is 12.8 Å². The van der Waals surface area contributed by atoms with Crippen LogP contribution in [0.2, 0.25) is 0 Å². The molecule has 0 spiro atoms. The fourth-order valence-electron chi connectivity index (χ4n) is 3.36. The molecule has 3 rings (SSSR count). The minimum atomic E-state index is -1.15. The monoisotopic (exact) mass is 426 g/mol. The van der Waals surface area contributed by atoms with Crippen molar-refractivity contribution in [1.82, 2.24) is 4.90 Å². The van der Waals surface area contributed by atoms with Crippen molar-refractivity contribution in [2.75, 3.05) is 38.2 Å². The number of ether oxygens (including phenoxy) is 1. The molecule has 2 aromatic carbocycles. The smallest absolute Gasteiger partial charge is 0.322 e. The molecular weight excluding hydrogens is 404 g/mol. The number of urea groups is 1. The van der Waals surface area contributed by atoms with Crippen LogP contribution in [0.3, 0.4) is 0 Å². The molecule has 2 aromatic rings. The summed E-state index contributed by atoms with van der Waals surface area (Å²) in [5.74, 6) is -4.44. The van der Waals surface area contributed by atoms with Gasteiger partial charge >= 0.3 is 6.03 Å². The quantitative estimate of drug-likeness (QED) is 0.696. The van der Waals surface area contributed by atoms with Crippen LogP contribution in [-0.2, 0) is 17.6 Å². The number of nitrogens with one attached hydrogen (secondary N) is 1. The summed E-state index contributed by atoms with van der Waals surface area (Å²) in [7, 11) is 0. The van der Waals surface area contributed by atoms with Crippen LogP contribution in [0, 0.1) is 29.2 Å². The second-order valence-electron chi connectivity index (χ2n) is 7.11. The third-order valence-corrected chi connectivity index (χ3v) is 5.01. The highest BCUT2D eigenvalue weighted by Gasteiger charge is 2.23. The Morgan fingerprint density at radius 2 is 1.80 bits per heavy atom. The number of hydrogen-bond acceptors (Lipinski definition) is 3. The number of halogens is 4. The van der Waals surface area contributed by atoms with Crippen LogP contribution in [0.5, 0.6) is 0 Å². The van der Waals surface area contributed by atoms with Gasteiger partial charge in [-0.3, -0.25) is 0 Å². The molecule has 1 atom stereocenters. The summed E-state index contributed by atoms with van der Waals surface area (Å²) in [6.45, 7) is 1.06. The Bertz CT molecular complexity index is 904. The Balaban J connectivity index is 1.80. The predicted molar refractivity (Wildman–Crippen MR) is 102 cm³/mol. The molecule has 0 aromatic heterocycles. The van der Waals surface area contributed by atoms with Crippen LogP contribution < -0.4 is 5.32 Å². The highest BCUT2D eigenvalue weighted by atomic mass is 19.2. The molecule has 2 amide bonds. The summed E-state index contributed by atoms with van der Waals surface area (Å²) in [5, 5.41) is 12.3. The summed E-state index contributed by atoms with van der Waals surface area (Å²) in [4.78, 5) is 13.9. The van der Waals surface area contributed by atoms with Crippen molar-refractivity contribution in [3.63, 3.8) is 0 Å². The van der Waals surface area contributed by atoms with Gasteiger partial charge in [-0.2, -0.15) is 0 Å². The van der Waals surface area contributed by atoms with Gasteiger partial charge in [0, 0.05) is 37.0 Å². The molecule has 162 valence electrons. The number of anilines is 1. The van der Waals surface area contributed by atoms with Gasteiger partial charge in [-0.05, 0) is 42.5 Å². The minimum absolute atomic E-state index is 0.0184. The zero-order valence-electron chi connectivity index (χ0n) is 16.1. The van der Waals surface area contributed by atoms with Gasteiger partial charge in [0.2, 0.25) is 0 Å². The molecule has 1 fully saturated rings. The first kappa shape index (κ1) is 22.0. The van der Waals surface area contributed by atoms with Gasteiger partial charge in [0.1, 0.15) is 11.6 Å². The number of aliphatic hydroxyl groups excluding tert-OH is 1. The van der Waals surface area contributed by atoms with E-state index in [0.29, 0.717) is 26.3 Å². The van der Waals surface area contributed by atoms with Crippen LogP contribution in [-0.4, -0.2) is 48.9 Å². The average Bonchev–Trinajstić information content (AvgIpc) is 2.74. The third-order valence-electron chi connectivity index (χ3n) is 5.01. The molecule has 2 N–H and O–H groups in total. The standard InChI is InChI=1S/C21H22F4N2O3/c22-15-2-1-14(18(24)11-15)9-13(12-28)10-16-19(4-3-17(23)20(16)25)26-21(29)27-5-7-30-8-6-27/h1-4,11,13,28H,5-10,12H2,(H,26,29). The lowest BCUT2D eigenvalue weighted by Gasteiger charge is -2.27. The molecule has 1 saturated heterocycles. The number of amides is 2. The van der Waals surface area contributed by atoms with E-state index in [9.17, 15) is 27.5 Å². The van der Waals surface area contributed by atoms with Gasteiger partial charge in [-0.25, -0.2) is 22.4 Å². The highest BCUT2D eigenvalue weighted by molar-refractivity contribution is 5.90. The first-order chi connectivity index (χ1) is 14.4.